The molecule has 1 aromatic heterocycles. The zero-order chi connectivity index (χ0) is 13.8. The summed E-state index contributed by atoms with van der Waals surface area (Å²) in [5, 5.41) is 0. The zero-order valence-corrected chi connectivity index (χ0v) is 11.6. The van der Waals surface area contributed by atoms with E-state index in [0.717, 1.165) is 5.56 Å². The molecule has 0 spiro atoms. The van der Waals surface area contributed by atoms with Crippen LogP contribution in [0.25, 0.3) is 0 Å². The minimum Gasteiger partial charge on any atom is -0.299 e. The molecule has 0 aliphatic heterocycles. The van der Waals surface area contributed by atoms with Crippen molar-refractivity contribution in [2.24, 2.45) is 11.3 Å². The first-order chi connectivity index (χ1) is 8.34. The van der Waals surface area contributed by atoms with Crippen molar-refractivity contribution in [3.05, 3.63) is 30.1 Å². The van der Waals surface area contributed by atoms with Crippen LogP contribution in [0.2, 0.25) is 0 Å². The summed E-state index contributed by atoms with van der Waals surface area (Å²) in [6.45, 7) is 7.82. The van der Waals surface area contributed by atoms with E-state index in [0.29, 0.717) is 6.42 Å². The lowest BCUT2D eigenvalue weighted by Gasteiger charge is -2.27. The summed E-state index contributed by atoms with van der Waals surface area (Å²) in [6.07, 6.45) is 3.64. The SMILES string of the molecule is CC(C)C(C)(C)C(=O)CC(=O)Cc1ccncc1. The van der Waals surface area contributed by atoms with Gasteiger partial charge in [0.15, 0.2) is 0 Å². The Morgan fingerprint density at radius 3 is 2.28 bits per heavy atom. The number of Topliss-reactive ketones (excluding diaryl/α,β-unsaturated/α-hetero) is 2. The highest BCUT2D eigenvalue weighted by molar-refractivity contribution is 6.02. The third kappa shape index (κ3) is 3.76. The largest absolute Gasteiger partial charge is 0.299 e. The fourth-order valence-electron chi connectivity index (χ4n) is 1.52. The highest BCUT2D eigenvalue weighted by Gasteiger charge is 2.31. The number of ketones is 2. The van der Waals surface area contributed by atoms with Crippen LogP contribution in [0.1, 0.15) is 39.7 Å². The number of carbonyl (C=O) groups excluding carboxylic acids is 2. The predicted octanol–water partition coefficient (Wildman–Crippen LogP) is 2.83. The number of nitrogens with zero attached hydrogens (tertiary/aromatic N) is 1. The van der Waals surface area contributed by atoms with Crippen molar-refractivity contribution in [2.45, 2.75) is 40.5 Å². The van der Waals surface area contributed by atoms with Crippen LogP contribution in [0.3, 0.4) is 0 Å². The van der Waals surface area contributed by atoms with Gasteiger partial charge in [0.1, 0.15) is 11.6 Å². The van der Waals surface area contributed by atoms with E-state index in [9.17, 15) is 9.59 Å². The molecule has 0 aliphatic carbocycles. The summed E-state index contributed by atoms with van der Waals surface area (Å²) < 4.78 is 0. The molecule has 0 aromatic carbocycles. The van der Waals surface area contributed by atoms with Crippen LogP contribution in [-0.2, 0) is 16.0 Å². The fourth-order valence-corrected chi connectivity index (χ4v) is 1.52. The van der Waals surface area contributed by atoms with Crippen LogP contribution in [0.5, 0.6) is 0 Å². The molecule has 18 heavy (non-hydrogen) atoms. The number of rotatable bonds is 6. The highest BCUT2D eigenvalue weighted by Crippen LogP contribution is 2.28. The number of carbonyl (C=O) groups is 2. The van der Waals surface area contributed by atoms with E-state index >= 15 is 0 Å². The Morgan fingerprint density at radius 2 is 1.78 bits per heavy atom. The standard InChI is InChI=1S/C15H21NO2/c1-11(2)15(3,4)14(18)10-13(17)9-12-5-7-16-8-6-12/h5-8,11H,9-10H2,1-4H3. The Balaban J connectivity index is 2.59. The van der Waals surface area contributed by atoms with Gasteiger partial charge in [-0.15, -0.1) is 0 Å². The average Bonchev–Trinajstić information content (AvgIpc) is 2.29. The molecule has 0 saturated heterocycles. The molecule has 0 unspecified atom stereocenters. The predicted molar refractivity (Wildman–Crippen MR) is 71.2 cm³/mol. The molecular formula is C15H21NO2. The summed E-state index contributed by atoms with van der Waals surface area (Å²) in [7, 11) is 0. The second-order valence-electron chi connectivity index (χ2n) is 5.55. The van der Waals surface area contributed by atoms with E-state index < -0.39 is 5.41 Å². The number of pyridine rings is 1. The van der Waals surface area contributed by atoms with Crippen molar-refractivity contribution in [1.29, 1.82) is 0 Å². The first-order valence-electron chi connectivity index (χ1n) is 6.28. The molecule has 3 heteroatoms. The van der Waals surface area contributed by atoms with Crippen molar-refractivity contribution >= 4 is 11.6 Å². The third-order valence-corrected chi connectivity index (χ3v) is 3.67. The fraction of sp³-hybridized carbons (Fsp3) is 0.533. The Morgan fingerprint density at radius 1 is 1.22 bits per heavy atom. The molecule has 0 N–H and O–H groups in total. The van der Waals surface area contributed by atoms with E-state index in [1.807, 2.05) is 27.7 Å². The molecule has 0 saturated carbocycles. The van der Waals surface area contributed by atoms with Crippen molar-refractivity contribution in [3.8, 4) is 0 Å². The highest BCUT2D eigenvalue weighted by atomic mass is 16.1. The lowest BCUT2D eigenvalue weighted by molar-refractivity contribution is -0.133. The third-order valence-electron chi connectivity index (χ3n) is 3.67. The molecule has 1 rings (SSSR count). The molecule has 0 aliphatic rings. The monoisotopic (exact) mass is 247 g/mol. The smallest absolute Gasteiger partial charge is 0.146 e. The number of hydrogen-bond donors (Lipinski definition) is 0. The maximum absolute atomic E-state index is 12.1. The van der Waals surface area contributed by atoms with Crippen molar-refractivity contribution < 1.29 is 9.59 Å². The van der Waals surface area contributed by atoms with Crippen molar-refractivity contribution in [1.82, 2.24) is 4.98 Å². The van der Waals surface area contributed by atoms with E-state index in [2.05, 4.69) is 4.98 Å². The molecule has 0 atom stereocenters. The maximum Gasteiger partial charge on any atom is 0.146 e. The van der Waals surface area contributed by atoms with Crippen molar-refractivity contribution in [2.75, 3.05) is 0 Å². The molecule has 1 aromatic rings. The summed E-state index contributed by atoms with van der Waals surface area (Å²) in [5.74, 6) is 0.232. The number of aromatic nitrogens is 1. The molecule has 1 heterocycles. The van der Waals surface area contributed by atoms with E-state index in [1.165, 1.54) is 0 Å². The van der Waals surface area contributed by atoms with E-state index in [4.69, 9.17) is 0 Å². The minimum atomic E-state index is -0.437. The summed E-state index contributed by atoms with van der Waals surface area (Å²) in [4.78, 5) is 27.8. The van der Waals surface area contributed by atoms with Crippen molar-refractivity contribution in [3.63, 3.8) is 0 Å². The summed E-state index contributed by atoms with van der Waals surface area (Å²) in [6, 6.07) is 3.60. The van der Waals surface area contributed by atoms with E-state index in [-0.39, 0.29) is 23.9 Å². The lowest BCUT2D eigenvalue weighted by atomic mass is 9.76. The first kappa shape index (κ1) is 14.6. The molecular weight excluding hydrogens is 226 g/mol. The lowest BCUT2D eigenvalue weighted by Crippen LogP contribution is -2.31. The molecule has 0 amide bonds. The van der Waals surface area contributed by atoms with Crippen LogP contribution >= 0.6 is 0 Å². The normalized spacial score (nSPS) is 11.6. The quantitative estimate of drug-likeness (QED) is 0.726. The Kier molecular flexibility index (Phi) is 4.76. The first-order valence-corrected chi connectivity index (χ1v) is 6.28. The van der Waals surface area contributed by atoms with Gasteiger partial charge >= 0.3 is 0 Å². The Labute approximate surface area is 109 Å². The van der Waals surface area contributed by atoms with Gasteiger partial charge in [-0.2, -0.15) is 0 Å². The van der Waals surface area contributed by atoms with Crippen LogP contribution < -0.4 is 0 Å². The van der Waals surface area contributed by atoms with Gasteiger partial charge in [-0.25, -0.2) is 0 Å². The van der Waals surface area contributed by atoms with Gasteiger partial charge in [-0.05, 0) is 23.6 Å². The van der Waals surface area contributed by atoms with Crippen LogP contribution in [0, 0.1) is 11.3 Å². The van der Waals surface area contributed by atoms with E-state index in [1.54, 1.807) is 24.5 Å². The molecule has 0 radical (unpaired) electrons. The average molecular weight is 247 g/mol. The van der Waals surface area contributed by atoms with Crippen LogP contribution in [0.15, 0.2) is 24.5 Å². The van der Waals surface area contributed by atoms with Gasteiger partial charge in [0.25, 0.3) is 0 Å². The molecule has 0 fully saturated rings. The second kappa shape index (κ2) is 5.89. The summed E-state index contributed by atoms with van der Waals surface area (Å²) in [5.41, 5.74) is 0.471. The number of hydrogen-bond acceptors (Lipinski definition) is 3. The molecule has 0 bridgehead atoms. The van der Waals surface area contributed by atoms with Gasteiger partial charge in [-0.3, -0.25) is 14.6 Å². The van der Waals surface area contributed by atoms with Gasteiger partial charge in [0.2, 0.25) is 0 Å². The second-order valence-corrected chi connectivity index (χ2v) is 5.55. The summed E-state index contributed by atoms with van der Waals surface area (Å²) >= 11 is 0. The topological polar surface area (TPSA) is 47.0 Å². The van der Waals surface area contributed by atoms with Gasteiger partial charge < -0.3 is 0 Å². The zero-order valence-electron chi connectivity index (χ0n) is 11.6. The van der Waals surface area contributed by atoms with Gasteiger partial charge in [-0.1, -0.05) is 27.7 Å². The Bertz CT molecular complexity index is 421. The van der Waals surface area contributed by atoms with Crippen LogP contribution in [0.4, 0.5) is 0 Å². The maximum atomic E-state index is 12.1. The Hall–Kier alpha value is -1.51. The van der Waals surface area contributed by atoms with Crippen LogP contribution in [-0.4, -0.2) is 16.6 Å². The minimum absolute atomic E-state index is 0.0213. The molecule has 3 nitrogen and oxygen atoms in total. The molecule has 98 valence electrons. The van der Waals surface area contributed by atoms with Gasteiger partial charge in [0, 0.05) is 24.2 Å². The van der Waals surface area contributed by atoms with Gasteiger partial charge in [0.05, 0.1) is 6.42 Å².